The van der Waals surface area contributed by atoms with Gasteiger partial charge < -0.3 is 20.1 Å². The molecule has 0 atom stereocenters. The second-order valence-corrected chi connectivity index (χ2v) is 8.84. The zero-order valence-electron chi connectivity index (χ0n) is 20.4. The predicted molar refractivity (Wildman–Crippen MR) is 141 cm³/mol. The largest absolute Gasteiger partial charge is 0.475 e. The average Bonchev–Trinajstić information content (AvgIpc) is 2.91. The van der Waals surface area contributed by atoms with Crippen LogP contribution in [-0.2, 0) is 0 Å². The van der Waals surface area contributed by atoms with Gasteiger partial charge in [0.25, 0.3) is 0 Å². The zero-order valence-corrected chi connectivity index (χ0v) is 20.4. The maximum Gasteiger partial charge on any atom is 0.248 e. The molecule has 0 radical (unpaired) electrons. The number of rotatable bonds is 5. The molecule has 1 aromatic heterocycles. The van der Waals surface area contributed by atoms with Crippen molar-refractivity contribution in [2.75, 3.05) is 38.1 Å². The van der Waals surface area contributed by atoms with Crippen molar-refractivity contribution < 1.29 is 14.0 Å². The first kappa shape index (κ1) is 22.2. The lowest BCUT2D eigenvalue weighted by Gasteiger charge is -2.23. The quantitative estimate of drug-likeness (QED) is 0.422. The lowest BCUT2D eigenvalue weighted by Crippen LogP contribution is -2.44. The Morgan fingerprint density at radius 2 is 2.19 bits per heavy atom. The summed E-state index contributed by atoms with van der Waals surface area (Å²) in [5.41, 5.74) is 5.10. The molecule has 6 rings (SSSR count). The van der Waals surface area contributed by atoms with Crippen LogP contribution in [0.3, 0.4) is 0 Å². The van der Waals surface area contributed by atoms with Gasteiger partial charge in [-0.3, -0.25) is 5.01 Å². The number of nitrogens with zero attached hydrogens (tertiary/aromatic N) is 5. The van der Waals surface area contributed by atoms with E-state index in [0.717, 1.165) is 70.6 Å². The number of ether oxygens (including phenoxy) is 2. The smallest absolute Gasteiger partial charge is 0.248 e. The number of hydrogen-bond acceptors (Lipinski definition) is 8. The van der Waals surface area contributed by atoms with Gasteiger partial charge in [0.1, 0.15) is 23.7 Å². The molecule has 4 heterocycles. The Kier molecular flexibility index (Phi) is 5.82. The van der Waals surface area contributed by atoms with E-state index >= 15 is 0 Å². The molecule has 9 nitrogen and oxygen atoms in total. The van der Waals surface area contributed by atoms with E-state index in [9.17, 15) is 0 Å². The molecule has 0 saturated heterocycles. The van der Waals surface area contributed by atoms with E-state index in [0.29, 0.717) is 13.2 Å². The Hall–Kier alpha value is -4.24. The average molecular weight is 483 g/mol. The third-order valence-corrected chi connectivity index (χ3v) is 6.45. The first-order valence-corrected chi connectivity index (χ1v) is 12.1. The van der Waals surface area contributed by atoms with Crippen LogP contribution in [0, 0.1) is 6.92 Å². The third kappa shape index (κ3) is 4.18. The molecule has 0 fully saturated rings. The number of hydrogen-bond donors (Lipinski definition) is 2. The molecule has 2 N–H and O–H groups in total. The van der Waals surface area contributed by atoms with Gasteiger partial charge in [0.05, 0.1) is 30.5 Å². The summed E-state index contributed by atoms with van der Waals surface area (Å²) >= 11 is 0. The van der Waals surface area contributed by atoms with Crippen LogP contribution in [0.4, 0.5) is 17.2 Å². The summed E-state index contributed by atoms with van der Waals surface area (Å²) in [5.74, 6) is 3.16. The molecule has 0 saturated carbocycles. The highest BCUT2D eigenvalue weighted by atomic mass is 16.5. The topological polar surface area (TPSA) is 86.9 Å². The van der Waals surface area contributed by atoms with Crippen LogP contribution in [0.15, 0.2) is 65.9 Å². The first-order valence-electron chi connectivity index (χ1n) is 12.1. The van der Waals surface area contributed by atoms with E-state index in [-0.39, 0.29) is 0 Å². The molecule has 0 spiro atoms. The van der Waals surface area contributed by atoms with Crippen molar-refractivity contribution >= 4 is 40.0 Å². The molecule has 3 aliphatic heterocycles. The van der Waals surface area contributed by atoms with Gasteiger partial charge in [-0.1, -0.05) is 0 Å². The van der Waals surface area contributed by atoms with E-state index in [1.165, 1.54) is 5.71 Å². The number of allylic oxidation sites excluding steroid dienone is 1. The molecule has 3 aliphatic rings. The van der Waals surface area contributed by atoms with Crippen LogP contribution in [-0.4, -0.2) is 64.3 Å². The maximum atomic E-state index is 6.25. The van der Waals surface area contributed by atoms with Crippen LogP contribution in [0.1, 0.15) is 12.5 Å². The van der Waals surface area contributed by atoms with Crippen molar-refractivity contribution in [1.29, 1.82) is 0 Å². The number of aromatic nitrogens is 2. The van der Waals surface area contributed by atoms with E-state index in [1.807, 2.05) is 55.4 Å². The second-order valence-electron chi connectivity index (χ2n) is 8.84. The predicted octanol–water partition coefficient (Wildman–Crippen LogP) is 3.86. The number of benzene rings is 2. The van der Waals surface area contributed by atoms with Crippen molar-refractivity contribution in [3.8, 4) is 11.5 Å². The Labute approximate surface area is 209 Å². The number of anilines is 2. The van der Waals surface area contributed by atoms with Crippen LogP contribution in [0.2, 0.25) is 0 Å². The molecule has 9 heteroatoms. The second kappa shape index (κ2) is 9.43. The van der Waals surface area contributed by atoms with Gasteiger partial charge in [-0.15, -0.1) is 0 Å². The normalized spacial score (nSPS) is 17.1. The van der Waals surface area contributed by atoms with Crippen molar-refractivity contribution in [1.82, 2.24) is 20.3 Å². The number of hydrazone groups is 1. The maximum absolute atomic E-state index is 6.25. The Bertz CT molecular complexity index is 1460. The fourth-order valence-electron chi connectivity index (χ4n) is 4.70. The van der Waals surface area contributed by atoms with Crippen molar-refractivity contribution in [3.05, 3.63) is 66.3 Å². The van der Waals surface area contributed by atoms with E-state index in [4.69, 9.17) is 9.47 Å². The highest BCUT2D eigenvalue weighted by Gasteiger charge is 2.32. The molecule has 0 bridgehead atoms. The van der Waals surface area contributed by atoms with Gasteiger partial charge in [-0.2, -0.15) is 9.68 Å². The first-order chi connectivity index (χ1) is 17.7. The fraction of sp³-hybridized carbons (Fsp3) is 0.259. The highest BCUT2D eigenvalue weighted by molar-refractivity contribution is 6.00. The lowest BCUT2D eigenvalue weighted by atomic mass is 10.1. The van der Waals surface area contributed by atoms with E-state index < -0.39 is 0 Å². The van der Waals surface area contributed by atoms with Gasteiger partial charge in [-0.25, -0.2) is 9.97 Å². The number of nitrogens with one attached hydrogen (secondary N) is 2. The molecule has 36 heavy (non-hydrogen) atoms. The van der Waals surface area contributed by atoms with Crippen molar-refractivity contribution in [3.63, 3.8) is 0 Å². The van der Waals surface area contributed by atoms with Gasteiger partial charge in [0.15, 0.2) is 13.2 Å². The number of fused-ring (bicyclic) bond motifs is 4. The summed E-state index contributed by atoms with van der Waals surface area (Å²) in [4.78, 5) is 9.07. The Morgan fingerprint density at radius 3 is 3.03 bits per heavy atom. The summed E-state index contributed by atoms with van der Waals surface area (Å²) in [6, 6.07) is 10.2. The van der Waals surface area contributed by atoms with Crippen molar-refractivity contribution in [2.24, 2.45) is 5.10 Å². The zero-order chi connectivity index (χ0) is 24.5. The lowest BCUT2D eigenvalue weighted by molar-refractivity contribution is -0.449. The Balaban J connectivity index is 1.27. The summed E-state index contributed by atoms with van der Waals surface area (Å²) in [7, 11) is 0. The van der Waals surface area contributed by atoms with Gasteiger partial charge in [-0.05, 0) is 55.8 Å². The molecule has 0 amide bonds. The van der Waals surface area contributed by atoms with Crippen LogP contribution < -0.4 is 20.1 Å². The van der Waals surface area contributed by atoms with Crippen LogP contribution in [0.5, 0.6) is 11.5 Å². The summed E-state index contributed by atoms with van der Waals surface area (Å²) in [6.45, 7) is 7.88. The van der Waals surface area contributed by atoms with Crippen molar-refractivity contribution in [2.45, 2.75) is 13.8 Å². The van der Waals surface area contributed by atoms with E-state index in [1.54, 1.807) is 12.5 Å². The summed E-state index contributed by atoms with van der Waals surface area (Å²) in [6.07, 6.45) is 9.18. The summed E-state index contributed by atoms with van der Waals surface area (Å²) < 4.78 is 14.7. The molecule has 3 aromatic rings. The fourth-order valence-corrected chi connectivity index (χ4v) is 4.70. The van der Waals surface area contributed by atoms with Gasteiger partial charge in [0, 0.05) is 24.2 Å². The van der Waals surface area contributed by atoms with Crippen LogP contribution in [0.25, 0.3) is 10.9 Å². The molecular weight excluding hydrogens is 454 g/mol. The summed E-state index contributed by atoms with van der Waals surface area (Å²) in [5, 5.41) is 13.9. The Morgan fingerprint density at radius 1 is 1.25 bits per heavy atom. The standard InChI is InChI=1S/C27H28N7O2/c1-3-31-33-11-8-21(9-12-33)36-24-7-4-19(14-18(24)2)32-27-25-22(29-17-30-27)5-6-23-26(25)35-16-20-15-28-10-13-34(20)23/h3-9,11,14,17,28H,10,12-13,15-16H2,1-2H3,(H,29,30,32)/q+1/b31-3-. The minimum absolute atomic E-state index is 0.561. The minimum Gasteiger partial charge on any atom is -0.475 e. The third-order valence-electron chi connectivity index (χ3n) is 6.45. The molecule has 182 valence electrons. The molecule has 0 unspecified atom stereocenters. The SMILES string of the molecule is C/C=N\N1C=CC(Oc2ccc(Nc3ncnc4ccc5c(c34)OCC3=[N+]5CCNC3)cc2C)=CC1. The van der Waals surface area contributed by atoms with Crippen LogP contribution >= 0.6 is 0 Å². The van der Waals surface area contributed by atoms with Gasteiger partial charge in [0.2, 0.25) is 17.1 Å². The minimum atomic E-state index is 0.561. The van der Waals surface area contributed by atoms with Gasteiger partial charge >= 0.3 is 0 Å². The molecule has 0 aliphatic carbocycles. The monoisotopic (exact) mass is 482 g/mol. The number of aryl methyl sites for hydroxylation is 1. The molecular formula is C27H28N7O2+. The molecule has 2 aromatic carbocycles. The highest BCUT2D eigenvalue weighted by Crippen LogP contribution is 2.41. The van der Waals surface area contributed by atoms with E-state index in [2.05, 4.69) is 42.4 Å².